The predicted molar refractivity (Wildman–Crippen MR) is 101 cm³/mol. The summed E-state index contributed by atoms with van der Waals surface area (Å²) >= 11 is 5.90. The fourth-order valence-corrected chi connectivity index (χ4v) is 6.71. The van der Waals surface area contributed by atoms with Crippen LogP contribution in [-0.4, -0.2) is 26.4 Å². The van der Waals surface area contributed by atoms with Crippen LogP contribution in [0.5, 0.6) is 0 Å². The van der Waals surface area contributed by atoms with Crippen LogP contribution in [0.4, 0.5) is 0 Å². The molecular weight excluding hydrogens is 386 g/mol. The highest BCUT2D eigenvalue weighted by atomic mass is 35.5. The summed E-state index contributed by atoms with van der Waals surface area (Å²) < 4.78 is 48.1. The van der Waals surface area contributed by atoms with E-state index in [9.17, 15) is 9.13 Å². The molecule has 0 unspecified atom stereocenters. The average Bonchev–Trinajstić information content (AvgIpc) is 2.55. The molecule has 0 aromatic heterocycles. The topological polar surface area (TPSA) is 71.1 Å². The monoisotopic (exact) mass is 410 g/mol. The average molecular weight is 411 g/mol. The molecule has 0 amide bonds. The van der Waals surface area contributed by atoms with Crippen LogP contribution in [-0.2, 0) is 27.2 Å². The lowest BCUT2D eigenvalue weighted by molar-refractivity contribution is 0.214. The summed E-state index contributed by atoms with van der Waals surface area (Å²) in [6, 6.07) is 6.74. The van der Waals surface area contributed by atoms with E-state index in [0.717, 1.165) is 0 Å². The Morgan fingerprint density at radius 2 is 1.20 bits per heavy atom. The minimum atomic E-state index is -3.87. The normalized spacial score (nSPS) is 12.2. The summed E-state index contributed by atoms with van der Waals surface area (Å²) in [6.07, 6.45) is 1.47. The summed E-state index contributed by atoms with van der Waals surface area (Å²) in [5.41, 5.74) is 0.624. The highest BCUT2D eigenvalue weighted by Crippen LogP contribution is 2.74. The summed E-state index contributed by atoms with van der Waals surface area (Å²) in [5, 5.41) is 0.434. The maximum Gasteiger partial charge on any atom is 0.369 e. The fraction of sp³-hybridized carbons (Fsp3) is 0.500. The molecule has 0 saturated heterocycles. The van der Waals surface area contributed by atoms with Gasteiger partial charge in [-0.05, 0) is 51.5 Å². The van der Waals surface area contributed by atoms with Gasteiger partial charge in [-0.3, -0.25) is 9.13 Å². The minimum Gasteiger partial charge on any atom is -0.305 e. The number of hydrogen-bond acceptors (Lipinski definition) is 6. The van der Waals surface area contributed by atoms with Crippen molar-refractivity contribution >= 4 is 32.9 Å². The number of benzene rings is 1. The third-order valence-electron chi connectivity index (χ3n) is 2.92. The van der Waals surface area contributed by atoms with Crippen LogP contribution in [0.15, 0.2) is 29.3 Å². The Hall–Kier alpha value is -0.450. The van der Waals surface area contributed by atoms with E-state index in [-0.39, 0.29) is 31.5 Å². The zero-order valence-corrected chi connectivity index (χ0v) is 17.5. The molecule has 1 aromatic rings. The zero-order chi connectivity index (χ0) is 18.9. The lowest BCUT2D eigenvalue weighted by Crippen LogP contribution is -2.05. The molecule has 0 aliphatic carbocycles. The Bertz CT molecular complexity index is 607. The van der Waals surface area contributed by atoms with Crippen LogP contribution in [0.1, 0.15) is 33.3 Å². The van der Waals surface area contributed by atoms with Crippen LogP contribution in [0.3, 0.4) is 0 Å². The molecular formula is C16H25ClO6P2. The van der Waals surface area contributed by atoms with E-state index in [1.165, 1.54) is 6.08 Å². The largest absolute Gasteiger partial charge is 0.369 e. The van der Waals surface area contributed by atoms with E-state index >= 15 is 0 Å². The smallest absolute Gasteiger partial charge is 0.305 e. The lowest BCUT2D eigenvalue weighted by atomic mass is 10.2. The minimum absolute atomic E-state index is 0.116. The molecule has 1 aromatic carbocycles. The van der Waals surface area contributed by atoms with E-state index in [0.29, 0.717) is 10.6 Å². The van der Waals surface area contributed by atoms with Gasteiger partial charge in [0.15, 0.2) is 5.06 Å². The van der Waals surface area contributed by atoms with Crippen LogP contribution < -0.4 is 0 Å². The third kappa shape index (κ3) is 6.33. The first-order chi connectivity index (χ1) is 11.8. The predicted octanol–water partition coefficient (Wildman–Crippen LogP) is 6.17. The van der Waals surface area contributed by atoms with Gasteiger partial charge in [-0.25, -0.2) is 0 Å². The van der Waals surface area contributed by atoms with Crippen LogP contribution in [0.25, 0.3) is 6.08 Å². The van der Waals surface area contributed by atoms with Gasteiger partial charge in [-0.2, -0.15) is 0 Å². The molecule has 0 radical (unpaired) electrons. The van der Waals surface area contributed by atoms with Gasteiger partial charge in [-0.15, -0.1) is 0 Å². The Morgan fingerprint density at radius 3 is 1.52 bits per heavy atom. The molecule has 0 N–H and O–H groups in total. The molecule has 0 fully saturated rings. The van der Waals surface area contributed by atoms with Gasteiger partial charge in [0.2, 0.25) is 0 Å². The molecule has 0 saturated carbocycles. The maximum atomic E-state index is 13.3. The highest BCUT2D eigenvalue weighted by Gasteiger charge is 2.45. The summed E-state index contributed by atoms with van der Waals surface area (Å²) in [5.74, 6) is 0. The second-order valence-corrected chi connectivity index (χ2v) is 9.50. The third-order valence-corrected chi connectivity index (χ3v) is 8.42. The number of hydrogen-bond donors (Lipinski definition) is 0. The molecule has 25 heavy (non-hydrogen) atoms. The van der Waals surface area contributed by atoms with Gasteiger partial charge in [0.05, 0.1) is 26.4 Å². The Balaban J connectivity index is 3.55. The van der Waals surface area contributed by atoms with Crippen molar-refractivity contribution in [2.75, 3.05) is 26.4 Å². The quantitative estimate of drug-likeness (QED) is 0.406. The number of halogens is 1. The van der Waals surface area contributed by atoms with E-state index in [1.807, 2.05) is 0 Å². The van der Waals surface area contributed by atoms with Crippen LogP contribution in [0, 0.1) is 0 Å². The van der Waals surface area contributed by atoms with Gasteiger partial charge in [0.25, 0.3) is 0 Å². The maximum absolute atomic E-state index is 13.3. The van der Waals surface area contributed by atoms with E-state index in [1.54, 1.807) is 52.0 Å². The van der Waals surface area contributed by atoms with Crippen molar-refractivity contribution < 1.29 is 27.2 Å². The standard InChI is InChI=1S/C16H25ClO6P2/c1-5-20-24(18,21-6-2)16(25(19,22-7-3)23-8-4)13-14-9-11-15(17)12-10-14/h9-13H,5-8H2,1-4H3. The van der Waals surface area contributed by atoms with Crippen molar-refractivity contribution in [1.29, 1.82) is 0 Å². The number of rotatable bonds is 11. The van der Waals surface area contributed by atoms with Gasteiger partial charge < -0.3 is 18.1 Å². The Kier molecular flexibility index (Phi) is 9.61. The second kappa shape index (κ2) is 10.6. The second-order valence-electron chi connectivity index (χ2n) is 4.72. The van der Waals surface area contributed by atoms with E-state index in [2.05, 4.69) is 0 Å². The first-order valence-electron chi connectivity index (χ1n) is 8.11. The molecule has 0 aliphatic rings. The fourth-order valence-electron chi connectivity index (χ4n) is 2.04. The summed E-state index contributed by atoms with van der Waals surface area (Å²) in [4.78, 5) is 0. The van der Waals surface area contributed by atoms with Crippen molar-refractivity contribution in [2.45, 2.75) is 27.7 Å². The molecule has 9 heteroatoms. The van der Waals surface area contributed by atoms with Crippen molar-refractivity contribution in [3.63, 3.8) is 0 Å². The zero-order valence-electron chi connectivity index (χ0n) is 14.9. The molecule has 0 atom stereocenters. The van der Waals surface area contributed by atoms with Crippen LogP contribution in [0.2, 0.25) is 5.02 Å². The van der Waals surface area contributed by atoms with E-state index < -0.39 is 15.2 Å². The SMILES string of the molecule is CCOP(=O)(OCC)C(=Cc1ccc(Cl)cc1)P(=O)(OCC)OCC. The molecule has 0 spiro atoms. The molecule has 0 bridgehead atoms. The van der Waals surface area contributed by atoms with Crippen LogP contribution >= 0.6 is 26.8 Å². The first kappa shape index (κ1) is 22.6. The van der Waals surface area contributed by atoms with Crippen molar-refractivity contribution in [1.82, 2.24) is 0 Å². The van der Waals surface area contributed by atoms with Crippen molar-refractivity contribution in [3.8, 4) is 0 Å². The summed E-state index contributed by atoms with van der Waals surface area (Å²) in [6.45, 7) is 7.19. The van der Waals surface area contributed by atoms with Gasteiger partial charge in [0.1, 0.15) is 0 Å². The first-order valence-corrected chi connectivity index (χ1v) is 11.6. The van der Waals surface area contributed by atoms with E-state index in [4.69, 9.17) is 29.7 Å². The van der Waals surface area contributed by atoms with Crippen molar-refractivity contribution in [2.24, 2.45) is 0 Å². The molecule has 0 aliphatic heterocycles. The molecule has 0 heterocycles. The molecule has 1 rings (SSSR count). The molecule has 6 nitrogen and oxygen atoms in total. The molecule has 142 valence electrons. The van der Waals surface area contributed by atoms with Gasteiger partial charge >= 0.3 is 15.2 Å². The Labute approximate surface area is 154 Å². The Morgan fingerprint density at radius 1 is 0.840 bits per heavy atom. The van der Waals surface area contributed by atoms with Gasteiger partial charge in [0, 0.05) is 5.02 Å². The highest BCUT2D eigenvalue weighted by molar-refractivity contribution is 7.79. The lowest BCUT2D eigenvalue weighted by Gasteiger charge is -2.25. The van der Waals surface area contributed by atoms with Crippen molar-refractivity contribution in [3.05, 3.63) is 39.9 Å². The van der Waals surface area contributed by atoms with Gasteiger partial charge in [-0.1, -0.05) is 23.7 Å². The summed E-state index contributed by atoms with van der Waals surface area (Å²) in [7, 11) is -7.75.